The van der Waals surface area contributed by atoms with Crippen LogP contribution in [0.4, 0.5) is 0 Å². The molecule has 4 rings (SSSR count). The van der Waals surface area contributed by atoms with Crippen molar-refractivity contribution in [2.24, 2.45) is 5.73 Å². The maximum absolute atomic E-state index is 13.0. The molecule has 2 amide bonds. The first-order chi connectivity index (χ1) is 12.6. The molecule has 2 aromatic rings. The van der Waals surface area contributed by atoms with Crippen molar-refractivity contribution >= 4 is 22.7 Å². The Bertz CT molecular complexity index is 814. The van der Waals surface area contributed by atoms with Crippen molar-refractivity contribution in [2.45, 2.75) is 37.6 Å². The van der Waals surface area contributed by atoms with Crippen LogP contribution >= 0.6 is 0 Å². The summed E-state index contributed by atoms with van der Waals surface area (Å²) in [5.74, 6) is -0.210. The molecule has 3 N–H and O–H groups in total. The molecule has 0 atom stereocenters. The Morgan fingerprint density at radius 3 is 2.38 bits per heavy atom. The molecule has 138 valence electrons. The molecule has 3 heterocycles. The van der Waals surface area contributed by atoms with Crippen LogP contribution in [0.15, 0.2) is 30.5 Å². The number of hydrogen-bond acceptors (Lipinski definition) is 3. The highest BCUT2D eigenvalue weighted by atomic mass is 16.2. The number of aromatic amines is 1. The summed E-state index contributed by atoms with van der Waals surface area (Å²) in [5, 5.41) is 0.945. The third kappa shape index (κ3) is 2.78. The van der Waals surface area contributed by atoms with Crippen LogP contribution in [-0.2, 0) is 4.79 Å². The number of primary amides is 1. The van der Waals surface area contributed by atoms with Gasteiger partial charge in [-0.05, 0) is 44.8 Å². The Kier molecular flexibility index (Phi) is 4.44. The molecule has 2 aliphatic heterocycles. The molecule has 0 aliphatic carbocycles. The van der Waals surface area contributed by atoms with Gasteiger partial charge in [0.1, 0.15) is 5.54 Å². The van der Waals surface area contributed by atoms with Crippen molar-refractivity contribution in [2.75, 3.05) is 26.2 Å². The lowest BCUT2D eigenvalue weighted by molar-refractivity contribution is -0.134. The quantitative estimate of drug-likeness (QED) is 0.886. The minimum absolute atomic E-state index is 0.0270. The van der Waals surface area contributed by atoms with E-state index >= 15 is 0 Å². The Morgan fingerprint density at radius 1 is 1.00 bits per heavy atom. The maximum Gasteiger partial charge on any atom is 0.256 e. The molecule has 6 nitrogen and oxygen atoms in total. The second kappa shape index (κ2) is 6.76. The number of piperidine rings is 2. The molecule has 2 fully saturated rings. The van der Waals surface area contributed by atoms with Gasteiger partial charge >= 0.3 is 0 Å². The van der Waals surface area contributed by atoms with Crippen LogP contribution < -0.4 is 5.73 Å². The van der Waals surface area contributed by atoms with Crippen molar-refractivity contribution in [1.29, 1.82) is 0 Å². The second-order valence-electron chi connectivity index (χ2n) is 7.48. The SMILES string of the molecule is NC(=O)C1(N2CCCCC2)CCN(C(=O)c2c[nH]c3ccccc23)CC1. The number of fused-ring (bicyclic) bond motifs is 1. The molecule has 2 aliphatic rings. The van der Waals surface area contributed by atoms with Crippen molar-refractivity contribution in [3.63, 3.8) is 0 Å². The smallest absolute Gasteiger partial charge is 0.256 e. The van der Waals surface area contributed by atoms with E-state index in [-0.39, 0.29) is 11.8 Å². The zero-order valence-electron chi connectivity index (χ0n) is 15.0. The van der Waals surface area contributed by atoms with Gasteiger partial charge in [0.05, 0.1) is 5.56 Å². The summed E-state index contributed by atoms with van der Waals surface area (Å²) in [6.45, 7) is 2.99. The summed E-state index contributed by atoms with van der Waals surface area (Å²) in [4.78, 5) is 32.6. The highest BCUT2D eigenvalue weighted by molar-refractivity contribution is 6.06. The number of nitrogens with one attached hydrogen (secondary N) is 1. The molecule has 1 aromatic heterocycles. The normalized spacial score (nSPS) is 21.0. The summed E-state index contributed by atoms with van der Waals surface area (Å²) in [6.07, 6.45) is 6.48. The Labute approximate surface area is 153 Å². The minimum atomic E-state index is -0.586. The van der Waals surface area contributed by atoms with E-state index in [1.54, 1.807) is 6.20 Å². The van der Waals surface area contributed by atoms with Crippen LogP contribution in [0, 0.1) is 0 Å². The van der Waals surface area contributed by atoms with Gasteiger partial charge in [-0.2, -0.15) is 0 Å². The van der Waals surface area contributed by atoms with E-state index in [0.29, 0.717) is 31.5 Å². The molecular formula is C20H26N4O2. The lowest BCUT2D eigenvalue weighted by Crippen LogP contribution is -2.63. The Morgan fingerprint density at radius 2 is 1.69 bits per heavy atom. The van der Waals surface area contributed by atoms with Crippen LogP contribution in [0.25, 0.3) is 10.9 Å². The predicted molar refractivity (Wildman–Crippen MR) is 101 cm³/mol. The van der Waals surface area contributed by atoms with Crippen LogP contribution in [0.2, 0.25) is 0 Å². The third-order valence-electron chi connectivity index (χ3n) is 6.12. The van der Waals surface area contributed by atoms with Crippen molar-refractivity contribution < 1.29 is 9.59 Å². The number of likely N-dealkylation sites (tertiary alicyclic amines) is 2. The third-order valence-corrected chi connectivity index (χ3v) is 6.12. The Balaban J connectivity index is 1.51. The molecule has 0 bridgehead atoms. The Hall–Kier alpha value is -2.34. The average Bonchev–Trinajstić information content (AvgIpc) is 3.12. The fraction of sp³-hybridized carbons (Fsp3) is 0.500. The first kappa shape index (κ1) is 17.1. The van der Waals surface area contributed by atoms with Gasteiger partial charge in [0, 0.05) is 30.2 Å². The molecule has 0 saturated carbocycles. The van der Waals surface area contributed by atoms with Gasteiger partial charge in [0.15, 0.2) is 0 Å². The van der Waals surface area contributed by atoms with Crippen molar-refractivity contribution in [3.05, 3.63) is 36.0 Å². The van der Waals surface area contributed by atoms with Gasteiger partial charge in [-0.15, -0.1) is 0 Å². The van der Waals surface area contributed by atoms with Crippen LogP contribution in [-0.4, -0.2) is 58.3 Å². The number of nitrogens with zero attached hydrogens (tertiary/aromatic N) is 2. The average molecular weight is 354 g/mol. The van der Waals surface area contributed by atoms with Crippen LogP contribution in [0.3, 0.4) is 0 Å². The molecule has 0 unspecified atom stereocenters. The van der Waals surface area contributed by atoms with E-state index < -0.39 is 5.54 Å². The van der Waals surface area contributed by atoms with E-state index in [0.717, 1.165) is 36.8 Å². The number of para-hydroxylation sites is 1. The fourth-order valence-electron chi connectivity index (χ4n) is 4.54. The van der Waals surface area contributed by atoms with Gasteiger partial charge < -0.3 is 15.6 Å². The van der Waals surface area contributed by atoms with Gasteiger partial charge in [0.25, 0.3) is 5.91 Å². The summed E-state index contributed by atoms with van der Waals surface area (Å²) in [6, 6.07) is 7.83. The number of carbonyl (C=O) groups is 2. The zero-order chi connectivity index (χ0) is 18.1. The topological polar surface area (TPSA) is 82.4 Å². The summed E-state index contributed by atoms with van der Waals surface area (Å²) < 4.78 is 0. The number of nitrogens with two attached hydrogens (primary N) is 1. The largest absolute Gasteiger partial charge is 0.368 e. The molecule has 0 radical (unpaired) electrons. The first-order valence-electron chi connectivity index (χ1n) is 9.52. The molecular weight excluding hydrogens is 328 g/mol. The number of carbonyl (C=O) groups excluding carboxylic acids is 2. The lowest BCUT2D eigenvalue weighted by Gasteiger charge is -2.48. The highest BCUT2D eigenvalue weighted by Gasteiger charge is 2.45. The number of hydrogen-bond donors (Lipinski definition) is 2. The molecule has 1 aromatic carbocycles. The predicted octanol–water partition coefficient (Wildman–Crippen LogP) is 2.11. The van der Waals surface area contributed by atoms with E-state index in [1.165, 1.54) is 6.42 Å². The summed E-state index contributed by atoms with van der Waals surface area (Å²) in [7, 11) is 0. The number of amides is 2. The maximum atomic E-state index is 13.0. The van der Waals surface area contributed by atoms with Gasteiger partial charge in [-0.3, -0.25) is 14.5 Å². The molecule has 6 heteroatoms. The van der Waals surface area contributed by atoms with E-state index in [9.17, 15) is 9.59 Å². The van der Waals surface area contributed by atoms with Crippen molar-refractivity contribution in [1.82, 2.24) is 14.8 Å². The standard InChI is InChI=1S/C20H26N4O2/c21-19(26)20(24-10-4-1-5-11-24)8-12-23(13-9-20)18(25)16-14-22-17-7-3-2-6-15(16)17/h2-3,6-7,14,22H,1,4-5,8-13H2,(H2,21,26). The van der Waals surface area contributed by atoms with E-state index in [1.807, 2.05) is 29.2 Å². The number of H-pyrrole nitrogens is 1. The van der Waals surface area contributed by atoms with Gasteiger partial charge in [0.2, 0.25) is 5.91 Å². The molecule has 0 spiro atoms. The number of benzene rings is 1. The van der Waals surface area contributed by atoms with E-state index in [4.69, 9.17) is 5.73 Å². The van der Waals surface area contributed by atoms with Gasteiger partial charge in [-0.25, -0.2) is 0 Å². The number of aromatic nitrogens is 1. The zero-order valence-corrected chi connectivity index (χ0v) is 15.0. The fourth-order valence-corrected chi connectivity index (χ4v) is 4.54. The summed E-state index contributed by atoms with van der Waals surface area (Å²) in [5.41, 5.74) is 6.91. The highest BCUT2D eigenvalue weighted by Crippen LogP contribution is 2.32. The van der Waals surface area contributed by atoms with Crippen LogP contribution in [0.5, 0.6) is 0 Å². The molecule has 26 heavy (non-hydrogen) atoms. The second-order valence-corrected chi connectivity index (χ2v) is 7.48. The minimum Gasteiger partial charge on any atom is -0.368 e. The monoisotopic (exact) mass is 354 g/mol. The lowest BCUT2D eigenvalue weighted by atomic mass is 9.83. The van der Waals surface area contributed by atoms with Gasteiger partial charge in [-0.1, -0.05) is 24.6 Å². The molecule has 2 saturated heterocycles. The van der Waals surface area contributed by atoms with Crippen LogP contribution in [0.1, 0.15) is 42.5 Å². The summed E-state index contributed by atoms with van der Waals surface area (Å²) >= 11 is 0. The van der Waals surface area contributed by atoms with Crippen molar-refractivity contribution in [3.8, 4) is 0 Å². The van der Waals surface area contributed by atoms with E-state index in [2.05, 4.69) is 9.88 Å². The number of rotatable bonds is 3. The first-order valence-corrected chi connectivity index (χ1v) is 9.52.